The normalized spacial score (nSPS) is 20.0. The monoisotopic (exact) mass is 582 g/mol. The molecule has 0 aliphatic heterocycles. The van der Waals surface area contributed by atoms with Gasteiger partial charge in [-0.3, -0.25) is 0 Å². The second-order valence-electron chi connectivity index (χ2n) is 7.18. The summed E-state index contributed by atoms with van der Waals surface area (Å²) in [5, 5.41) is 68.6. The molecule has 0 aromatic rings. The van der Waals surface area contributed by atoms with Crippen molar-refractivity contribution in [3.63, 3.8) is 0 Å². The molecule has 0 unspecified atom stereocenters. The van der Waals surface area contributed by atoms with E-state index >= 15 is 0 Å². The van der Waals surface area contributed by atoms with Crippen LogP contribution in [0.4, 0.5) is 0 Å². The summed E-state index contributed by atoms with van der Waals surface area (Å²) in [6, 6.07) is 0. The molecule has 0 rings (SSSR count). The third-order valence-electron chi connectivity index (χ3n) is 4.50. The molecule has 0 radical (unpaired) electrons. The zero-order valence-corrected chi connectivity index (χ0v) is 21.2. The maximum absolute atomic E-state index is 10.0. The minimum absolute atomic E-state index is 0.700. The van der Waals surface area contributed by atoms with Crippen LogP contribution in [0.3, 0.4) is 0 Å². The fourth-order valence-corrected chi connectivity index (χ4v) is 2.76. The molecule has 22 heteroatoms. The van der Waals surface area contributed by atoms with Crippen molar-refractivity contribution in [1.29, 1.82) is 0 Å². The van der Waals surface area contributed by atoms with E-state index < -0.39 is 75.3 Å². The highest BCUT2D eigenvalue weighted by molar-refractivity contribution is 5.67. The first-order chi connectivity index (χ1) is 19.3. The first-order valence-electron chi connectivity index (χ1n) is 11.1. The molecule has 0 saturated heterocycles. The Balaban J connectivity index is 5.93. The van der Waals surface area contributed by atoms with Crippen molar-refractivity contribution in [1.82, 2.24) is 0 Å². The number of ether oxygens (including phenoxy) is 5. The van der Waals surface area contributed by atoms with Gasteiger partial charge in [-0.25, -0.2) is 0 Å². The van der Waals surface area contributed by atoms with Crippen LogP contribution < -0.4 is 35.1 Å². The Kier molecular flexibility index (Phi) is 20.3. The Bertz CT molecular complexity index is 820. The second kappa shape index (κ2) is 22.3. The van der Waals surface area contributed by atoms with Gasteiger partial charge in [0.25, 0.3) is 0 Å². The van der Waals surface area contributed by atoms with Gasteiger partial charge in [-0.05, 0) is 0 Å². The first-order valence-corrected chi connectivity index (χ1v) is 11.1. The van der Waals surface area contributed by atoms with E-state index in [2.05, 4.69) is 30.6 Å². The Labute approximate surface area is 228 Å². The van der Waals surface area contributed by atoms with Crippen LogP contribution >= 0.6 is 0 Å². The summed E-state index contributed by atoms with van der Waals surface area (Å²) in [4.78, 5) is 0. The Morgan fingerprint density at radius 2 is 0.850 bits per heavy atom. The topological polar surface area (TPSA) is 378 Å². The standard InChI is InChI=1S/C18H38N12O10/c19-25-1-10(34)13(7-31)39-17(5-29-23)38-12(3-27-21)15(9-33)40-18(6-30-24)37-11(2-26-20)14(8-32)36-16(35)4-28-22/h1-6,10-18,31-35H,7-9,19-24H2/b25-1+,26-2+,27-3+,28-4+,29-5+,30-6+/t10-,11-,12-,13+,14+,15+,16+,17+,18+/m0/s1. The fraction of sp³-hybridized carbons (Fsp3) is 0.667. The Morgan fingerprint density at radius 3 is 1.23 bits per heavy atom. The molecule has 9 atom stereocenters. The van der Waals surface area contributed by atoms with Crippen LogP contribution in [0.25, 0.3) is 0 Å². The number of aliphatic hydroxyl groups is 5. The number of rotatable bonds is 22. The van der Waals surface area contributed by atoms with E-state index in [0.29, 0.717) is 0 Å². The smallest absolute Gasteiger partial charge is 0.197 e. The quantitative estimate of drug-likeness (QED) is 0.0244. The summed E-state index contributed by atoms with van der Waals surface area (Å²) >= 11 is 0. The molecule has 230 valence electrons. The third-order valence-corrected chi connectivity index (χ3v) is 4.50. The lowest BCUT2D eigenvalue weighted by molar-refractivity contribution is -0.222. The van der Waals surface area contributed by atoms with Crippen molar-refractivity contribution in [3.8, 4) is 0 Å². The van der Waals surface area contributed by atoms with E-state index in [4.69, 9.17) is 58.7 Å². The van der Waals surface area contributed by atoms with Gasteiger partial charge >= 0.3 is 0 Å². The van der Waals surface area contributed by atoms with Crippen LogP contribution in [0.5, 0.6) is 0 Å². The highest BCUT2D eigenvalue weighted by atomic mass is 16.7. The van der Waals surface area contributed by atoms with Gasteiger partial charge in [-0.1, -0.05) is 0 Å². The van der Waals surface area contributed by atoms with Crippen LogP contribution in [0.1, 0.15) is 0 Å². The van der Waals surface area contributed by atoms with Crippen molar-refractivity contribution in [2.45, 2.75) is 55.5 Å². The molecule has 0 aliphatic rings. The predicted octanol–water partition coefficient (Wildman–Crippen LogP) is -7.11. The summed E-state index contributed by atoms with van der Waals surface area (Å²) in [5.41, 5.74) is 0. The summed E-state index contributed by atoms with van der Waals surface area (Å²) in [7, 11) is 0. The summed E-state index contributed by atoms with van der Waals surface area (Å²) in [5.74, 6) is 30.9. The van der Waals surface area contributed by atoms with Gasteiger partial charge in [-0.15, -0.1) is 0 Å². The Hall–Kier alpha value is -3.58. The molecule has 0 aromatic heterocycles. The number of hydrogen-bond acceptors (Lipinski definition) is 22. The third kappa shape index (κ3) is 14.0. The highest BCUT2D eigenvalue weighted by Gasteiger charge is 2.32. The lowest BCUT2D eigenvalue weighted by Crippen LogP contribution is -2.47. The lowest BCUT2D eigenvalue weighted by atomic mass is 10.2. The second-order valence-corrected chi connectivity index (χ2v) is 7.18. The summed E-state index contributed by atoms with van der Waals surface area (Å²) < 4.78 is 27.6. The SMILES string of the molecule is N/N=C/[C@H](O[C@@H](/C=N/N)[C@@H](CO)O[C@@H](O)/C=N/N)O[C@H](CO)[C@H](/C=N/N)O[C@@H](/C=N/N)O[C@H](CO)[C@@H](O)/C=N/N. The number of nitrogens with zero attached hydrogens (tertiary/aromatic N) is 6. The number of hydrogen-bond donors (Lipinski definition) is 11. The van der Waals surface area contributed by atoms with E-state index in [0.717, 1.165) is 37.3 Å². The number of hydrazone groups is 6. The maximum Gasteiger partial charge on any atom is 0.197 e. The van der Waals surface area contributed by atoms with Crippen molar-refractivity contribution in [3.05, 3.63) is 0 Å². The molecule has 0 aromatic carbocycles. The molecule has 0 heterocycles. The molecule has 0 fully saturated rings. The van der Waals surface area contributed by atoms with Crippen LogP contribution in [0.2, 0.25) is 0 Å². The van der Waals surface area contributed by atoms with E-state index in [9.17, 15) is 25.5 Å². The van der Waals surface area contributed by atoms with Gasteiger partial charge in [0.15, 0.2) is 18.9 Å². The Morgan fingerprint density at radius 1 is 0.475 bits per heavy atom. The average Bonchev–Trinajstić information content (AvgIpc) is 2.93. The van der Waals surface area contributed by atoms with Gasteiger partial charge in [0.1, 0.15) is 36.6 Å². The van der Waals surface area contributed by atoms with Crippen molar-refractivity contribution < 1.29 is 49.2 Å². The molecule has 17 N–H and O–H groups in total. The van der Waals surface area contributed by atoms with Gasteiger partial charge in [0.05, 0.1) is 57.1 Å². The molecule has 40 heavy (non-hydrogen) atoms. The van der Waals surface area contributed by atoms with E-state index in [1.54, 1.807) is 0 Å². The lowest BCUT2D eigenvalue weighted by Gasteiger charge is -2.31. The molecule has 0 saturated carbocycles. The molecule has 0 amide bonds. The van der Waals surface area contributed by atoms with Gasteiger partial charge in [-0.2, -0.15) is 30.6 Å². The van der Waals surface area contributed by atoms with E-state index in [-0.39, 0.29) is 0 Å². The highest BCUT2D eigenvalue weighted by Crippen LogP contribution is 2.14. The molecular formula is C18H38N12O10. The summed E-state index contributed by atoms with van der Waals surface area (Å²) in [6.45, 7) is -2.17. The molecule has 22 nitrogen and oxygen atoms in total. The van der Waals surface area contributed by atoms with Crippen LogP contribution in [-0.4, -0.2) is 138 Å². The minimum Gasteiger partial charge on any atom is -0.394 e. The van der Waals surface area contributed by atoms with Crippen molar-refractivity contribution in [2.75, 3.05) is 19.8 Å². The van der Waals surface area contributed by atoms with E-state index in [1.165, 1.54) is 0 Å². The van der Waals surface area contributed by atoms with Crippen LogP contribution in [0.15, 0.2) is 30.6 Å². The number of aliphatic hydroxyl groups excluding tert-OH is 5. The molecule has 0 spiro atoms. The maximum atomic E-state index is 10.0. The summed E-state index contributed by atoms with van der Waals surface area (Å²) in [6.07, 6.45) is -6.99. The van der Waals surface area contributed by atoms with Gasteiger partial charge in [0, 0.05) is 0 Å². The van der Waals surface area contributed by atoms with Crippen molar-refractivity contribution in [2.24, 2.45) is 65.7 Å². The van der Waals surface area contributed by atoms with Crippen molar-refractivity contribution >= 4 is 37.3 Å². The van der Waals surface area contributed by atoms with Gasteiger partial charge in [0.2, 0.25) is 0 Å². The zero-order valence-electron chi connectivity index (χ0n) is 21.2. The zero-order chi connectivity index (χ0) is 30.3. The molecule has 0 bridgehead atoms. The van der Waals surface area contributed by atoms with Crippen LogP contribution in [-0.2, 0) is 23.7 Å². The van der Waals surface area contributed by atoms with E-state index in [1.807, 2.05) is 0 Å². The molecular weight excluding hydrogens is 544 g/mol. The molecule has 0 aliphatic carbocycles. The largest absolute Gasteiger partial charge is 0.394 e. The number of nitrogens with two attached hydrogens (primary N) is 6. The predicted molar refractivity (Wildman–Crippen MR) is 141 cm³/mol. The van der Waals surface area contributed by atoms with Crippen LogP contribution in [0, 0.1) is 0 Å². The minimum atomic E-state index is -1.63. The van der Waals surface area contributed by atoms with Gasteiger partial charge < -0.3 is 84.3 Å². The first kappa shape index (κ1) is 36.4. The fourth-order valence-electron chi connectivity index (χ4n) is 2.76. The average molecular weight is 583 g/mol.